The predicted octanol–water partition coefficient (Wildman–Crippen LogP) is 2.32. The molecule has 0 aromatic carbocycles. The van der Waals surface area contributed by atoms with E-state index in [2.05, 4.69) is 18.7 Å². The third kappa shape index (κ3) is 4.58. The third-order valence-electron chi connectivity index (χ3n) is 4.79. The molecular weight excluding hydrogens is 296 g/mol. The van der Waals surface area contributed by atoms with Gasteiger partial charge < -0.3 is 14.4 Å². The lowest BCUT2D eigenvalue weighted by molar-refractivity contribution is -0.122. The fraction of sp³-hybridized carbons (Fsp3) is 0.647. The van der Waals surface area contributed by atoms with E-state index in [1.807, 2.05) is 4.90 Å². The van der Waals surface area contributed by atoms with E-state index in [-0.39, 0.29) is 12.4 Å². The van der Waals surface area contributed by atoms with Crippen molar-refractivity contribution in [2.24, 2.45) is 5.41 Å². The standard InChI is InChI=1S/C16H24N2O2.CH2O2/c1-16(2)6-5-13(12-16)17-7-9-18(10-8-17)15(19)14-4-3-11-20-14;2-1-3/h3-4,11,13H,5-10,12H2,1-2H3;1H,(H,2,3). The Bertz CT molecular complexity index is 505. The Kier molecular flexibility index (Phi) is 5.82. The van der Waals surface area contributed by atoms with E-state index in [0.29, 0.717) is 17.2 Å². The number of rotatable bonds is 2. The zero-order valence-corrected chi connectivity index (χ0v) is 13.9. The Labute approximate surface area is 137 Å². The second kappa shape index (κ2) is 7.64. The molecule has 1 saturated heterocycles. The van der Waals surface area contributed by atoms with Gasteiger partial charge >= 0.3 is 0 Å². The number of hydrogen-bond acceptors (Lipinski definition) is 4. The molecule has 2 aliphatic rings. The molecular formula is C17H26N2O4. The predicted molar refractivity (Wildman–Crippen MR) is 86.3 cm³/mol. The van der Waals surface area contributed by atoms with Crippen molar-refractivity contribution >= 4 is 12.4 Å². The molecule has 23 heavy (non-hydrogen) atoms. The molecule has 6 nitrogen and oxygen atoms in total. The van der Waals surface area contributed by atoms with Crippen molar-refractivity contribution in [2.45, 2.75) is 39.2 Å². The number of nitrogens with zero attached hydrogens (tertiary/aromatic N) is 2. The van der Waals surface area contributed by atoms with Crippen LogP contribution < -0.4 is 0 Å². The lowest BCUT2D eigenvalue weighted by atomic mass is 9.91. The maximum Gasteiger partial charge on any atom is 0.290 e. The molecule has 0 bridgehead atoms. The fourth-order valence-electron chi connectivity index (χ4n) is 3.56. The number of amides is 1. The second-order valence-electron chi connectivity index (χ2n) is 6.97. The first-order valence-electron chi connectivity index (χ1n) is 8.11. The van der Waals surface area contributed by atoms with Crippen LogP contribution >= 0.6 is 0 Å². The van der Waals surface area contributed by atoms with Gasteiger partial charge in [-0.3, -0.25) is 14.5 Å². The molecule has 3 rings (SSSR count). The van der Waals surface area contributed by atoms with E-state index in [4.69, 9.17) is 14.3 Å². The molecule has 0 radical (unpaired) electrons. The maximum atomic E-state index is 12.2. The minimum atomic E-state index is -0.250. The number of carbonyl (C=O) groups excluding carboxylic acids is 1. The summed E-state index contributed by atoms with van der Waals surface area (Å²) in [6, 6.07) is 4.23. The summed E-state index contributed by atoms with van der Waals surface area (Å²) in [7, 11) is 0. The average molecular weight is 322 g/mol. The van der Waals surface area contributed by atoms with Crippen LogP contribution in [-0.4, -0.2) is 59.5 Å². The van der Waals surface area contributed by atoms with Gasteiger partial charge in [0.15, 0.2) is 5.76 Å². The molecule has 1 saturated carbocycles. The van der Waals surface area contributed by atoms with Crippen LogP contribution in [0.25, 0.3) is 0 Å². The van der Waals surface area contributed by atoms with Gasteiger partial charge in [-0.2, -0.15) is 0 Å². The van der Waals surface area contributed by atoms with E-state index < -0.39 is 0 Å². The van der Waals surface area contributed by atoms with Crippen LogP contribution in [0.5, 0.6) is 0 Å². The minimum absolute atomic E-state index is 0.0291. The Balaban J connectivity index is 0.000000595. The summed E-state index contributed by atoms with van der Waals surface area (Å²) in [5.41, 5.74) is 0.492. The molecule has 6 heteroatoms. The third-order valence-corrected chi connectivity index (χ3v) is 4.79. The fourth-order valence-corrected chi connectivity index (χ4v) is 3.56. The number of piperazine rings is 1. The van der Waals surface area contributed by atoms with Crippen molar-refractivity contribution in [3.05, 3.63) is 24.2 Å². The smallest absolute Gasteiger partial charge is 0.290 e. The van der Waals surface area contributed by atoms with Crippen LogP contribution in [-0.2, 0) is 4.79 Å². The van der Waals surface area contributed by atoms with Crippen molar-refractivity contribution in [3.63, 3.8) is 0 Å². The van der Waals surface area contributed by atoms with Crippen LogP contribution in [0.4, 0.5) is 0 Å². The van der Waals surface area contributed by atoms with Crippen molar-refractivity contribution in [1.82, 2.24) is 9.80 Å². The molecule has 1 aliphatic carbocycles. The van der Waals surface area contributed by atoms with E-state index in [9.17, 15) is 4.79 Å². The van der Waals surface area contributed by atoms with E-state index in [1.165, 1.54) is 19.3 Å². The molecule has 1 unspecified atom stereocenters. The van der Waals surface area contributed by atoms with Gasteiger partial charge in [0.1, 0.15) is 0 Å². The minimum Gasteiger partial charge on any atom is -0.483 e. The summed E-state index contributed by atoms with van der Waals surface area (Å²) in [5, 5.41) is 6.89. The first-order valence-corrected chi connectivity index (χ1v) is 8.11. The monoisotopic (exact) mass is 322 g/mol. The van der Waals surface area contributed by atoms with Crippen molar-refractivity contribution in [1.29, 1.82) is 0 Å². The lowest BCUT2D eigenvalue weighted by Gasteiger charge is -2.38. The van der Waals surface area contributed by atoms with Gasteiger partial charge in [0.25, 0.3) is 12.4 Å². The van der Waals surface area contributed by atoms with Gasteiger partial charge in [-0.25, -0.2) is 0 Å². The van der Waals surface area contributed by atoms with Crippen molar-refractivity contribution in [2.75, 3.05) is 26.2 Å². The number of carbonyl (C=O) groups is 2. The molecule has 128 valence electrons. The molecule has 1 aromatic rings. The van der Waals surface area contributed by atoms with Crippen LogP contribution in [0, 0.1) is 5.41 Å². The zero-order valence-electron chi connectivity index (χ0n) is 13.9. The molecule has 1 aromatic heterocycles. The largest absolute Gasteiger partial charge is 0.483 e. The Morgan fingerprint density at radius 1 is 1.35 bits per heavy atom. The highest BCUT2D eigenvalue weighted by molar-refractivity contribution is 5.91. The normalized spacial score (nSPS) is 23.9. The lowest BCUT2D eigenvalue weighted by Crippen LogP contribution is -2.51. The van der Waals surface area contributed by atoms with Crippen LogP contribution in [0.2, 0.25) is 0 Å². The van der Waals surface area contributed by atoms with E-state index in [1.54, 1.807) is 18.4 Å². The number of hydrogen-bond donors (Lipinski definition) is 1. The number of furan rings is 1. The Morgan fingerprint density at radius 2 is 2.00 bits per heavy atom. The van der Waals surface area contributed by atoms with Gasteiger partial charge in [0.05, 0.1) is 6.26 Å². The molecule has 1 N–H and O–H groups in total. The van der Waals surface area contributed by atoms with E-state index >= 15 is 0 Å². The van der Waals surface area contributed by atoms with Gasteiger partial charge in [0, 0.05) is 32.2 Å². The van der Waals surface area contributed by atoms with E-state index in [0.717, 1.165) is 26.2 Å². The van der Waals surface area contributed by atoms with Crippen LogP contribution in [0.3, 0.4) is 0 Å². The van der Waals surface area contributed by atoms with Gasteiger partial charge in [-0.15, -0.1) is 0 Å². The zero-order chi connectivity index (χ0) is 16.9. The average Bonchev–Trinajstić information content (AvgIpc) is 3.17. The second-order valence-corrected chi connectivity index (χ2v) is 6.97. The summed E-state index contributed by atoms with van der Waals surface area (Å²) in [6.45, 7) is 8.10. The van der Waals surface area contributed by atoms with Crippen LogP contribution in [0.1, 0.15) is 43.7 Å². The molecule has 0 spiro atoms. The highest BCUT2D eigenvalue weighted by atomic mass is 16.3. The quantitative estimate of drug-likeness (QED) is 0.846. The molecule has 1 atom stereocenters. The molecule has 2 heterocycles. The summed E-state index contributed by atoms with van der Waals surface area (Å²) in [5.74, 6) is 0.488. The molecule has 2 fully saturated rings. The summed E-state index contributed by atoms with van der Waals surface area (Å²) >= 11 is 0. The Morgan fingerprint density at radius 3 is 2.48 bits per heavy atom. The maximum absolute atomic E-state index is 12.2. The highest BCUT2D eigenvalue weighted by Gasteiger charge is 2.36. The van der Waals surface area contributed by atoms with Gasteiger partial charge in [-0.1, -0.05) is 13.8 Å². The van der Waals surface area contributed by atoms with Gasteiger partial charge in [-0.05, 0) is 36.8 Å². The SMILES string of the molecule is CC1(C)CCC(N2CCN(C(=O)c3ccco3)CC2)C1.O=CO. The summed E-state index contributed by atoms with van der Waals surface area (Å²) in [6.07, 6.45) is 5.48. The summed E-state index contributed by atoms with van der Waals surface area (Å²) in [4.78, 5) is 25.0. The molecule has 1 amide bonds. The highest BCUT2D eigenvalue weighted by Crippen LogP contribution is 2.39. The van der Waals surface area contributed by atoms with Crippen molar-refractivity contribution in [3.8, 4) is 0 Å². The van der Waals surface area contributed by atoms with Crippen molar-refractivity contribution < 1.29 is 19.1 Å². The first kappa shape index (κ1) is 17.5. The topological polar surface area (TPSA) is 74.0 Å². The molecule has 1 aliphatic heterocycles. The van der Waals surface area contributed by atoms with Crippen LogP contribution in [0.15, 0.2) is 22.8 Å². The summed E-state index contributed by atoms with van der Waals surface area (Å²) < 4.78 is 5.20. The first-order chi connectivity index (χ1) is 11.0. The van der Waals surface area contributed by atoms with Gasteiger partial charge in [0.2, 0.25) is 0 Å². The number of carboxylic acid groups (broad SMARTS) is 1. The Hall–Kier alpha value is -1.82.